The zero-order valence-electron chi connectivity index (χ0n) is 28.5. The van der Waals surface area contributed by atoms with Crippen molar-refractivity contribution in [2.75, 3.05) is 0 Å². The first-order valence-electron chi connectivity index (χ1n) is 17.6. The van der Waals surface area contributed by atoms with Gasteiger partial charge in [-0.1, -0.05) is 97.1 Å². The summed E-state index contributed by atoms with van der Waals surface area (Å²) in [5.74, 6) is 0.481. The minimum atomic E-state index is -0.102. The largest absolute Gasteiger partial charge is 0.508 e. The number of nitrogens with one attached hydrogen (secondary N) is 4. The first-order chi connectivity index (χ1) is 26.0. The summed E-state index contributed by atoms with van der Waals surface area (Å²) >= 11 is 3.47. The highest BCUT2D eigenvalue weighted by Gasteiger charge is 2.26. The van der Waals surface area contributed by atoms with Crippen LogP contribution in [0.5, 0.6) is 11.5 Å². The van der Waals surface area contributed by atoms with Crippen molar-refractivity contribution in [3.8, 4) is 11.5 Å². The van der Waals surface area contributed by atoms with E-state index in [0.717, 1.165) is 55.1 Å². The lowest BCUT2D eigenvalue weighted by Gasteiger charge is -2.19. The number of benzene rings is 6. The molecule has 0 saturated heterocycles. The van der Waals surface area contributed by atoms with Gasteiger partial charge < -0.3 is 30.1 Å². The van der Waals surface area contributed by atoms with Crippen LogP contribution in [0.3, 0.4) is 0 Å². The number of fused-ring (bicyclic) bond motifs is 4. The molecule has 0 atom stereocenters. The Morgan fingerprint density at radius 1 is 0.396 bits per heavy atom. The van der Waals surface area contributed by atoms with Gasteiger partial charge in [-0.3, -0.25) is 0 Å². The number of aromatic hydroxyl groups is 2. The van der Waals surface area contributed by atoms with Crippen molar-refractivity contribution in [2.45, 2.75) is 11.8 Å². The van der Waals surface area contributed by atoms with Crippen LogP contribution in [0.2, 0.25) is 0 Å². The monoisotopic (exact) mass is 754 g/mol. The van der Waals surface area contributed by atoms with Crippen molar-refractivity contribution in [1.82, 2.24) is 19.9 Å². The van der Waals surface area contributed by atoms with Crippen LogP contribution >= 0.6 is 15.9 Å². The topological polar surface area (TPSA) is 104 Å². The second-order valence-corrected chi connectivity index (χ2v) is 14.2. The highest BCUT2D eigenvalue weighted by Crippen LogP contribution is 2.44. The van der Waals surface area contributed by atoms with Crippen molar-refractivity contribution in [2.24, 2.45) is 0 Å². The predicted molar refractivity (Wildman–Crippen MR) is 219 cm³/mol. The molecule has 0 bridgehead atoms. The second kappa shape index (κ2) is 13.6. The third kappa shape index (κ3) is 5.85. The predicted octanol–water partition coefficient (Wildman–Crippen LogP) is 11.8. The van der Waals surface area contributed by atoms with Crippen LogP contribution in [-0.4, -0.2) is 30.1 Å². The van der Waals surface area contributed by atoms with Crippen LogP contribution in [0.15, 0.2) is 169 Å². The van der Waals surface area contributed by atoms with Gasteiger partial charge in [0, 0.05) is 85.8 Å². The van der Waals surface area contributed by atoms with E-state index in [9.17, 15) is 10.2 Å². The van der Waals surface area contributed by atoms with Gasteiger partial charge in [0.05, 0.1) is 4.47 Å². The molecule has 10 rings (SSSR count). The van der Waals surface area contributed by atoms with Crippen LogP contribution < -0.4 is 0 Å². The molecule has 0 spiro atoms. The van der Waals surface area contributed by atoms with E-state index in [2.05, 4.69) is 127 Å². The first kappa shape index (κ1) is 32.5. The summed E-state index contributed by atoms with van der Waals surface area (Å²) in [6.07, 6.45) is 8.28. The molecule has 53 heavy (non-hydrogen) atoms. The van der Waals surface area contributed by atoms with Gasteiger partial charge in [-0.2, -0.15) is 0 Å². The maximum Gasteiger partial charge on any atom is 0.133 e. The maximum atomic E-state index is 10.8. The number of H-pyrrole nitrogens is 4. The Bertz CT molecular complexity index is 2730. The molecule has 0 aliphatic rings. The summed E-state index contributed by atoms with van der Waals surface area (Å²) < 4.78 is 0.699. The van der Waals surface area contributed by atoms with Gasteiger partial charge in [0.25, 0.3) is 0 Å². The first-order valence-corrected chi connectivity index (χ1v) is 18.3. The number of para-hydroxylation sites is 5. The van der Waals surface area contributed by atoms with E-state index < -0.39 is 0 Å². The number of hydrogen-bond acceptors (Lipinski definition) is 2. The number of aromatic nitrogens is 4. The minimum absolute atomic E-state index is 0.0226. The lowest BCUT2D eigenvalue weighted by molar-refractivity contribution is 0.464. The van der Waals surface area contributed by atoms with Crippen molar-refractivity contribution in [3.63, 3.8) is 0 Å². The third-order valence-electron chi connectivity index (χ3n) is 10.3. The van der Waals surface area contributed by atoms with Crippen LogP contribution in [0, 0.1) is 0 Å². The molecular weight excluding hydrogens is 720 g/mol. The maximum absolute atomic E-state index is 10.8. The fourth-order valence-corrected chi connectivity index (χ4v) is 8.21. The van der Waals surface area contributed by atoms with Gasteiger partial charge in [-0.15, -0.1) is 0 Å². The average molecular weight is 756 g/mol. The van der Waals surface area contributed by atoms with Crippen molar-refractivity contribution in [3.05, 3.63) is 202 Å². The van der Waals surface area contributed by atoms with Crippen LogP contribution in [-0.2, 0) is 0 Å². The molecule has 0 fully saturated rings. The van der Waals surface area contributed by atoms with Gasteiger partial charge in [-0.25, -0.2) is 0 Å². The van der Waals surface area contributed by atoms with Crippen molar-refractivity contribution < 1.29 is 10.2 Å². The minimum Gasteiger partial charge on any atom is -0.508 e. The molecule has 6 N–H and O–H groups in total. The van der Waals surface area contributed by atoms with Gasteiger partial charge in [-0.05, 0) is 86.2 Å². The van der Waals surface area contributed by atoms with E-state index in [-0.39, 0.29) is 23.3 Å². The fourth-order valence-electron chi connectivity index (χ4n) is 7.83. The Balaban J connectivity index is 0.000000141. The van der Waals surface area contributed by atoms with Gasteiger partial charge in [0.15, 0.2) is 0 Å². The molecule has 0 amide bonds. The molecule has 4 heterocycles. The highest BCUT2D eigenvalue weighted by atomic mass is 79.9. The third-order valence-corrected chi connectivity index (χ3v) is 10.9. The molecule has 0 unspecified atom stereocenters. The Kier molecular flexibility index (Phi) is 8.33. The van der Waals surface area contributed by atoms with Gasteiger partial charge >= 0.3 is 0 Å². The van der Waals surface area contributed by atoms with Crippen molar-refractivity contribution in [1.29, 1.82) is 0 Å². The number of phenolic OH excluding ortho intramolecular Hbond substituents is 2. The number of rotatable bonds is 6. The smallest absolute Gasteiger partial charge is 0.133 e. The molecule has 4 aromatic heterocycles. The summed E-state index contributed by atoms with van der Waals surface area (Å²) in [5.41, 5.74) is 11.1. The summed E-state index contributed by atoms with van der Waals surface area (Å²) in [6.45, 7) is 0. The summed E-state index contributed by atoms with van der Waals surface area (Å²) in [4.78, 5) is 13.5. The Labute approximate surface area is 313 Å². The SMILES string of the molecule is Oc1c(Br)cccc1C(c1c[nH]c2ccccc12)c1c[nH]c2ccccc12.Oc1cccc(C(c2c[nH]c3ccccc23)c2c[nH]c3ccccc23)c1. The molecule has 0 radical (unpaired) electrons. The molecule has 258 valence electrons. The van der Waals surface area contributed by atoms with E-state index in [1.165, 1.54) is 21.9 Å². The van der Waals surface area contributed by atoms with Gasteiger partial charge in [0.1, 0.15) is 11.5 Å². The fraction of sp³-hybridized carbons (Fsp3) is 0.0435. The van der Waals surface area contributed by atoms with Gasteiger partial charge in [0.2, 0.25) is 0 Å². The number of aromatic amines is 4. The van der Waals surface area contributed by atoms with E-state index in [4.69, 9.17) is 0 Å². The van der Waals surface area contributed by atoms with Crippen LogP contribution in [0.1, 0.15) is 45.2 Å². The Hall–Kier alpha value is -6.44. The number of hydrogen-bond donors (Lipinski definition) is 6. The van der Waals surface area contributed by atoms with Crippen LogP contribution in [0.4, 0.5) is 0 Å². The van der Waals surface area contributed by atoms with E-state index >= 15 is 0 Å². The highest BCUT2D eigenvalue weighted by molar-refractivity contribution is 9.10. The molecule has 0 aliphatic carbocycles. The van der Waals surface area contributed by atoms with E-state index in [1.807, 2.05) is 66.7 Å². The molecule has 0 aliphatic heterocycles. The van der Waals surface area contributed by atoms with Crippen molar-refractivity contribution >= 4 is 59.5 Å². The number of halogens is 1. The van der Waals surface area contributed by atoms with E-state index in [1.54, 1.807) is 6.07 Å². The zero-order chi connectivity index (χ0) is 35.9. The molecule has 10 aromatic rings. The normalized spacial score (nSPS) is 11.6. The lowest BCUT2D eigenvalue weighted by Crippen LogP contribution is -2.03. The molecule has 0 saturated carbocycles. The molecule has 7 heteroatoms. The lowest BCUT2D eigenvalue weighted by atomic mass is 9.84. The molecule has 6 aromatic carbocycles. The summed E-state index contributed by atoms with van der Waals surface area (Å²) in [5, 5.41) is 25.6. The van der Waals surface area contributed by atoms with E-state index in [0.29, 0.717) is 4.47 Å². The standard InChI is InChI=1S/C23H17BrN2O.C23H18N2O/c24-19-9-5-8-16(23(19)27)22(17-12-25-20-10-3-1-6-14(17)20)18-13-26-21-11-4-2-7-15(18)21;26-16-7-5-6-15(12-16)23(19-13-24-21-10-3-1-8-17(19)21)20-14-25-22-11-4-2-9-18(20)22/h1-13,22,25-27H;1-14,23-26H. The average Bonchev–Trinajstić information content (AvgIpc) is 4.01. The molecule has 6 nitrogen and oxygen atoms in total. The number of phenols is 2. The van der Waals surface area contributed by atoms with Crippen LogP contribution in [0.25, 0.3) is 43.6 Å². The summed E-state index contributed by atoms with van der Waals surface area (Å²) in [7, 11) is 0. The Morgan fingerprint density at radius 3 is 1.23 bits per heavy atom. The Morgan fingerprint density at radius 2 is 0.792 bits per heavy atom. The second-order valence-electron chi connectivity index (χ2n) is 13.3. The molecular formula is C46H35BrN4O2. The zero-order valence-corrected chi connectivity index (χ0v) is 30.1. The summed E-state index contributed by atoms with van der Waals surface area (Å²) in [6, 6.07) is 46.6. The quantitative estimate of drug-likeness (QED) is 0.102.